The molecule has 1 saturated carbocycles. The lowest BCUT2D eigenvalue weighted by Gasteiger charge is -2.29. The van der Waals surface area contributed by atoms with Gasteiger partial charge in [0.15, 0.2) is 5.58 Å². The van der Waals surface area contributed by atoms with E-state index in [1.54, 1.807) is 7.11 Å². The molecule has 0 bridgehead atoms. The van der Waals surface area contributed by atoms with Crippen LogP contribution in [-0.4, -0.2) is 68.8 Å². The van der Waals surface area contributed by atoms with Crippen molar-refractivity contribution in [2.45, 2.75) is 45.4 Å². The van der Waals surface area contributed by atoms with Gasteiger partial charge in [-0.25, -0.2) is 4.79 Å². The van der Waals surface area contributed by atoms with Crippen LogP contribution in [0.5, 0.6) is 5.75 Å². The number of rotatable bonds is 7. The summed E-state index contributed by atoms with van der Waals surface area (Å²) in [6.07, 6.45) is 4.95. The zero-order chi connectivity index (χ0) is 24.6. The Bertz CT molecular complexity index is 1010. The van der Waals surface area contributed by atoms with Gasteiger partial charge in [0.2, 0.25) is 0 Å². The maximum absolute atomic E-state index is 11.1. The number of aromatic nitrogens is 1. The lowest BCUT2D eigenvalue weighted by molar-refractivity contribution is 0.123. The largest absolute Gasteiger partial charge is 0.492 e. The van der Waals surface area contributed by atoms with Crippen molar-refractivity contribution >= 4 is 17.1 Å². The minimum atomic E-state index is -0.816. The number of aryl methyl sites for hydroxylation is 2. The summed E-state index contributed by atoms with van der Waals surface area (Å²) in [5.41, 5.74) is 2.67. The Labute approximate surface area is 201 Å². The molecular formula is C26H37N3O5. The van der Waals surface area contributed by atoms with Gasteiger partial charge in [-0.15, -0.1) is 0 Å². The van der Waals surface area contributed by atoms with Crippen molar-refractivity contribution in [2.75, 3.05) is 47.5 Å². The third-order valence-corrected chi connectivity index (χ3v) is 6.52. The van der Waals surface area contributed by atoms with E-state index in [1.165, 1.54) is 4.90 Å². The molecule has 0 radical (unpaired) electrons. The highest BCUT2D eigenvalue weighted by Gasteiger charge is 2.42. The highest BCUT2D eigenvalue weighted by molar-refractivity contribution is 5.84. The third kappa shape index (κ3) is 6.64. The summed E-state index contributed by atoms with van der Waals surface area (Å²) in [4.78, 5) is 12.6. The SMILES string of the molecule is CNC.COCC#CC1(COc2ccc3c(CCC4CCN(C(=O)O)CC4)noc3c2C)CC1. The number of ether oxygens (including phenoxy) is 2. The first-order chi connectivity index (χ1) is 16.4. The van der Waals surface area contributed by atoms with E-state index in [0.29, 0.717) is 32.2 Å². The molecule has 1 aliphatic heterocycles. The molecule has 1 aliphatic carbocycles. The Kier molecular flexibility index (Phi) is 9.20. The molecule has 2 fully saturated rings. The molecule has 2 N–H and O–H groups in total. The maximum atomic E-state index is 11.1. The molecule has 34 heavy (non-hydrogen) atoms. The number of piperidine rings is 1. The van der Waals surface area contributed by atoms with Gasteiger partial charge < -0.3 is 29.3 Å². The summed E-state index contributed by atoms with van der Waals surface area (Å²) in [5, 5.41) is 17.2. The Balaban J connectivity index is 0.00000103. The normalized spacial score (nSPS) is 16.9. The van der Waals surface area contributed by atoms with Gasteiger partial charge in [0.25, 0.3) is 0 Å². The lowest BCUT2D eigenvalue weighted by atomic mass is 9.91. The Morgan fingerprint density at radius 1 is 1.32 bits per heavy atom. The Morgan fingerprint density at radius 3 is 2.65 bits per heavy atom. The number of methoxy groups -OCH3 is 1. The molecular weight excluding hydrogens is 434 g/mol. The Hall–Kier alpha value is -2.76. The zero-order valence-electron chi connectivity index (χ0n) is 20.8. The van der Waals surface area contributed by atoms with Crippen molar-refractivity contribution in [3.63, 3.8) is 0 Å². The fraction of sp³-hybridized carbons (Fsp3) is 0.615. The van der Waals surface area contributed by atoms with Crippen LogP contribution in [0, 0.1) is 30.1 Å². The van der Waals surface area contributed by atoms with Crippen molar-refractivity contribution in [3.05, 3.63) is 23.4 Å². The van der Waals surface area contributed by atoms with Crippen molar-refractivity contribution in [1.29, 1.82) is 0 Å². The summed E-state index contributed by atoms with van der Waals surface area (Å²) >= 11 is 0. The smallest absolute Gasteiger partial charge is 0.407 e. The number of nitrogens with one attached hydrogen (secondary N) is 1. The quantitative estimate of drug-likeness (QED) is 0.587. The van der Waals surface area contributed by atoms with Crippen LogP contribution >= 0.6 is 0 Å². The molecule has 2 heterocycles. The molecule has 1 amide bonds. The van der Waals surface area contributed by atoms with E-state index in [9.17, 15) is 4.79 Å². The number of benzene rings is 1. The minimum absolute atomic E-state index is 0.0390. The van der Waals surface area contributed by atoms with Crippen molar-refractivity contribution in [3.8, 4) is 17.6 Å². The standard InChI is InChI=1S/C24H30N2O5.C2H7N/c1-17-21(30-16-24(11-12-24)10-3-15-29-2)7-5-19-20(25-31-22(17)19)6-4-18-8-13-26(14-9-18)23(27)28;1-3-2/h5,7,18H,4,6,8-9,11-16H2,1-2H3,(H,27,28);3H,1-2H3. The molecule has 186 valence electrons. The van der Waals surface area contributed by atoms with Gasteiger partial charge in [-0.05, 0) is 77.6 Å². The van der Waals surface area contributed by atoms with Gasteiger partial charge in [0.1, 0.15) is 19.0 Å². The fourth-order valence-electron chi connectivity index (χ4n) is 4.23. The second kappa shape index (κ2) is 12.1. The van der Waals surface area contributed by atoms with E-state index in [-0.39, 0.29) is 5.41 Å². The predicted octanol–water partition coefficient (Wildman–Crippen LogP) is 4.10. The highest BCUT2D eigenvalue weighted by atomic mass is 16.5. The van der Waals surface area contributed by atoms with Gasteiger partial charge in [0.05, 0.1) is 11.1 Å². The summed E-state index contributed by atoms with van der Waals surface area (Å²) in [6, 6.07) is 4.04. The zero-order valence-corrected chi connectivity index (χ0v) is 20.8. The van der Waals surface area contributed by atoms with Crippen LogP contribution in [0.3, 0.4) is 0 Å². The average molecular weight is 472 g/mol. The minimum Gasteiger partial charge on any atom is -0.492 e. The van der Waals surface area contributed by atoms with Gasteiger partial charge >= 0.3 is 6.09 Å². The number of hydrogen-bond donors (Lipinski definition) is 2. The molecule has 4 rings (SSSR count). The van der Waals surface area contributed by atoms with E-state index in [0.717, 1.165) is 66.5 Å². The number of fused-ring (bicyclic) bond motifs is 1. The molecule has 1 aromatic heterocycles. The topological polar surface area (TPSA) is 97.1 Å². The van der Waals surface area contributed by atoms with Crippen molar-refractivity contribution in [2.24, 2.45) is 11.3 Å². The first-order valence-electron chi connectivity index (χ1n) is 12.0. The second-order valence-corrected chi connectivity index (χ2v) is 9.25. The molecule has 0 atom stereocenters. The monoisotopic (exact) mass is 471 g/mol. The number of amides is 1. The van der Waals surface area contributed by atoms with E-state index in [1.807, 2.05) is 33.2 Å². The summed E-state index contributed by atoms with van der Waals surface area (Å²) in [5.74, 6) is 7.69. The summed E-state index contributed by atoms with van der Waals surface area (Å²) in [7, 11) is 5.40. The number of hydrogen-bond acceptors (Lipinski definition) is 6. The van der Waals surface area contributed by atoms with E-state index in [4.69, 9.17) is 19.1 Å². The second-order valence-electron chi connectivity index (χ2n) is 9.25. The van der Waals surface area contributed by atoms with Gasteiger partial charge in [-0.3, -0.25) is 0 Å². The Morgan fingerprint density at radius 2 is 2.03 bits per heavy atom. The van der Waals surface area contributed by atoms with Crippen LogP contribution in [0.1, 0.15) is 43.4 Å². The number of carbonyl (C=O) groups is 1. The lowest BCUT2D eigenvalue weighted by Crippen LogP contribution is -2.37. The van der Waals surface area contributed by atoms with Gasteiger partial charge in [-0.1, -0.05) is 17.0 Å². The highest BCUT2D eigenvalue weighted by Crippen LogP contribution is 2.45. The molecule has 8 heteroatoms. The van der Waals surface area contributed by atoms with Crippen molar-refractivity contribution in [1.82, 2.24) is 15.4 Å². The van der Waals surface area contributed by atoms with Crippen LogP contribution in [0.25, 0.3) is 11.0 Å². The van der Waals surface area contributed by atoms with E-state index in [2.05, 4.69) is 22.3 Å². The number of likely N-dealkylation sites (tertiary alicyclic amines) is 1. The fourth-order valence-corrected chi connectivity index (χ4v) is 4.23. The van der Waals surface area contributed by atoms with Gasteiger partial charge in [0, 0.05) is 31.1 Å². The van der Waals surface area contributed by atoms with Crippen LogP contribution in [0.15, 0.2) is 16.7 Å². The molecule has 2 aliphatic rings. The van der Waals surface area contributed by atoms with Gasteiger partial charge in [-0.2, -0.15) is 0 Å². The molecule has 0 unspecified atom stereocenters. The first-order valence-corrected chi connectivity index (χ1v) is 12.0. The van der Waals surface area contributed by atoms with Crippen LogP contribution in [0.2, 0.25) is 0 Å². The summed E-state index contributed by atoms with van der Waals surface area (Å²) < 4.78 is 16.8. The van der Waals surface area contributed by atoms with Crippen molar-refractivity contribution < 1.29 is 23.9 Å². The molecule has 1 aromatic carbocycles. The van der Waals surface area contributed by atoms with Crippen LogP contribution in [-0.2, 0) is 11.2 Å². The molecule has 1 saturated heterocycles. The average Bonchev–Trinajstić information content (AvgIpc) is 3.47. The van der Waals surface area contributed by atoms with E-state index >= 15 is 0 Å². The number of nitrogens with zero attached hydrogens (tertiary/aromatic N) is 2. The molecule has 2 aromatic rings. The van der Waals surface area contributed by atoms with E-state index < -0.39 is 6.09 Å². The number of carboxylic acid groups (broad SMARTS) is 1. The first kappa shape index (κ1) is 25.9. The maximum Gasteiger partial charge on any atom is 0.407 e. The van der Waals surface area contributed by atoms with Crippen LogP contribution < -0.4 is 10.1 Å². The molecule has 0 spiro atoms. The summed E-state index contributed by atoms with van der Waals surface area (Å²) in [6.45, 7) is 4.27. The predicted molar refractivity (Wildman–Crippen MR) is 131 cm³/mol. The third-order valence-electron chi connectivity index (χ3n) is 6.52. The van der Waals surface area contributed by atoms with Crippen LogP contribution in [0.4, 0.5) is 4.79 Å². The molecule has 8 nitrogen and oxygen atoms in total.